The molecule has 3 aromatic rings. The number of methoxy groups -OCH3 is 1. The molecule has 2 atom stereocenters. The van der Waals surface area contributed by atoms with E-state index in [1.165, 1.54) is 31.5 Å². The van der Waals surface area contributed by atoms with E-state index in [0.29, 0.717) is 12.0 Å². The Morgan fingerprint density at radius 3 is 2.55 bits per heavy atom. The van der Waals surface area contributed by atoms with Crippen LogP contribution in [0.2, 0.25) is 0 Å². The minimum Gasteiger partial charge on any atom is -0.495 e. The molecule has 0 aliphatic carbocycles. The quantitative estimate of drug-likeness (QED) is 0.446. The number of hydrazone groups is 1. The number of hydrogen-bond acceptors (Lipinski definition) is 10. The fourth-order valence-electron chi connectivity index (χ4n) is 7.04. The molecular formula is C32H40N8OS. The first-order chi connectivity index (χ1) is 20.6. The topological polar surface area (TPSA) is 85.0 Å². The molecule has 4 aliphatic heterocycles. The van der Waals surface area contributed by atoms with Gasteiger partial charge in [-0.1, -0.05) is 36.4 Å². The maximum Gasteiger partial charge on any atom is 0.214 e. The smallest absolute Gasteiger partial charge is 0.214 e. The molecule has 0 amide bonds. The summed E-state index contributed by atoms with van der Waals surface area (Å²) in [5.41, 5.74) is 9.86. The number of benzene rings is 2. The molecule has 2 aromatic carbocycles. The Kier molecular flexibility index (Phi) is 7.29. The molecule has 4 aliphatic rings. The SMILES string of the molecule is COc1cc(C2(N3N=CCC3c3ccccc3)N=C(N)Nc3ccsc32)ccc1N1CCC(N2CCN(C)CC2)CC1. The number of guanidine groups is 1. The monoisotopic (exact) mass is 584 g/mol. The van der Waals surface area contributed by atoms with E-state index in [9.17, 15) is 0 Å². The average Bonchev–Trinajstić information content (AvgIpc) is 3.72. The van der Waals surface area contributed by atoms with Crippen LogP contribution in [0.15, 0.2) is 70.1 Å². The van der Waals surface area contributed by atoms with Gasteiger partial charge in [-0.3, -0.25) is 9.91 Å². The van der Waals surface area contributed by atoms with Crippen LogP contribution in [-0.4, -0.2) is 86.5 Å². The number of nitrogens with one attached hydrogen (secondary N) is 1. The molecule has 220 valence electrons. The van der Waals surface area contributed by atoms with Crippen molar-refractivity contribution in [2.24, 2.45) is 15.8 Å². The number of rotatable bonds is 6. The van der Waals surface area contributed by atoms with E-state index >= 15 is 0 Å². The minimum absolute atomic E-state index is 0.0232. The summed E-state index contributed by atoms with van der Waals surface area (Å²) in [5.74, 6) is 1.23. The van der Waals surface area contributed by atoms with Gasteiger partial charge in [-0.2, -0.15) is 5.10 Å². The summed E-state index contributed by atoms with van der Waals surface area (Å²) in [6, 6.07) is 19.9. The van der Waals surface area contributed by atoms with Gasteiger partial charge in [-0.15, -0.1) is 11.3 Å². The Bertz CT molecular complexity index is 1460. The number of anilines is 2. The second-order valence-electron chi connectivity index (χ2n) is 11.7. The first-order valence-corrected chi connectivity index (χ1v) is 15.9. The van der Waals surface area contributed by atoms with Gasteiger partial charge in [0, 0.05) is 63.5 Å². The second-order valence-corrected chi connectivity index (χ2v) is 12.6. The van der Waals surface area contributed by atoms with Crippen LogP contribution in [0.25, 0.3) is 0 Å². The number of piperidine rings is 1. The number of piperazine rings is 1. The molecule has 5 heterocycles. The zero-order valence-corrected chi connectivity index (χ0v) is 25.3. The van der Waals surface area contributed by atoms with E-state index in [1.54, 1.807) is 18.4 Å². The highest BCUT2D eigenvalue weighted by Gasteiger charge is 2.50. The average molecular weight is 585 g/mol. The number of hydrogen-bond donors (Lipinski definition) is 2. The van der Waals surface area contributed by atoms with Crippen LogP contribution in [0.3, 0.4) is 0 Å². The van der Waals surface area contributed by atoms with Crippen LogP contribution in [-0.2, 0) is 5.66 Å². The predicted octanol–water partition coefficient (Wildman–Crippen LogP) is 4.35. The first-order valence-electron chi connectivity index (χ1n) is 15.0. The lowest BCUT2D eigenvalue weighted by atomic mass is 9.91. The van der Waals surface area contributed by atoms with Gasteiger partial charge in [0.2, 0.25) is 5.66 Å². The van der Waals surface area contributed by atoms with Crippen LogP contribution in [0.4, 0.5) is 11.4 Å². The highest BCUT2D eigenvalue weighted by molar-refractivity contribution is 7.10. The third-order valence-corrected chi connectivity index (χ3v) is 10.3. The van der Waals surface area contributed by atoms with Crippen molar-refractivity contribution < 1.29 is 4.74 Å². The van der Waals surface area contributed by atoms with E-state index in [4.69, 9.17) is 20.6 Å². The van der Waals surface area contributed by atoms with E-state index < -0.39 is 5.66 Å². The van der Waals surface area contributed by atoms with Crippen LogP contribution in [0.1, 0.15) is 41.3 Å². The summed E-state index contributed by atoms with van der Waals surface area (Å²) in [6.45, 7) is 6.72. The zero-order chi connectivity index (χ0) is 28.7. The molecule has 3 N–H and O–H groups in total. The first kappa shape index (κ1) is 27.2. The Morgan fingerprint density at radius 1 is 1.00 bits per heavy atom. The maximum atomic E-state index is 6.49. The summed E-state index contributed by atoms with van der Waals surface area (Å²) < 4.78 is 6.09. The van der Waals surface area contributed by atoms with Gasteiger partial charge in [0.1, 0.15) is 5.75 Å². The number of nitrogens with two attached hydrogens (primary N) is 1. The molecule has 0 spiro atoms. The van der Waals surface area contributed by atoms with Crippen molar-refractivity contribution in [3.8, 4) is 5.75 Å². The summed E-state index contributed by atoms with van der Waals surface area (Å²) in [6.07, 6.45) is 5.14. The number of thiophene rings is 1. The summed E-state index contributed by atoms with van der Waals surface area (Å²) >= 11 is 1.67. The Labute approximate surface area is 252 Å². The van der Waals surface area contributed by atoms with Gasteiger partial charge < -0.3 is 25.6 Å². The molecule has 7 rings (SSSR count). The van der Waals surface area contributed by atoms with Gasteiger partial charge in [0.25, 0.3) is 0 Å². The summed E-state index contributed by atoms with van der Waals surface area (Å²) in [4.78, 5) is 13.8. The van der Waals surface area contributed by atoms with Crippen molar-refractivity contribution in [2.45, 2.75) is 37.0 Å². The van der Waals surface area contributed by atoms with Crippen molar-refractivity contribution in [3.63, 3.8) is 0 Å². The largest absolute Gasteiger partial charge is 0.495 e. The van der Waals surface area contributed by atoms with Gasteiger partial charge in [-0.05, 0) is 49.0 Å². The van der Waals surface area contributed by atoms with E-state index in [1.807, 2.05) is 6.21 Å². The molecule has 1 aromatic heterocycles. The van der Waals surface area contributed by atoms with Crippen LogP contribution < -0.4 is 20.7 Å². The molecule has 0 saturated carbocycles. The number of nitrogens with zero attached hydrogens (tertiary/aromatic N) is 6. The molecule has 10 heteroatoms. The van der Waals surface area contributed by atoms with Crippen molar-refractivity contribution >= 4 is 34.9 Å². The molecule has 2 fully saturated rings. The number of likely N-dealkylation sites (N-methyl/N-ethyl adjacent to an activating group) is 1. The van der Waals surface area contributed by atoms with E-state index in [2.05, 4.69) is 92.1 Å². The van der Waals surface area contributed by atoms with Crippen LogP contribution >= 0.6 is 11.3 Å². The van der Waals surface area contributed by atoms with Gasteiger partial charge >= 0.3 is 0 Å². The van der Waals surface area contributed by atoms with Gasteiger partial charge in [0.15, 0.2) is 5.96 Å². The molecule has 42 heavy (non-hydrogen) atoms. The maximum absolute atomic E-state index is 6.49. The van der Waals surface area contributed by atoms with E-state index in [-0.39, 0.29) is 6.04 Å². The zero-order valence-electron chi connectivity index (χ0n) is 24.4. The van der Waals surface area contributed by atoms with Crippen molar-refractivity contribution in [1.29, 1.82) is 0 Å². The lowest BCUT2D eigenvalue weighted by molar-refractivity contribution is 0.0979. The summed E-state index contributed by atoms with van der Waals surface area (Å²) in [7, 11) is 3.99. The number of aliphatic imine (C=N–C) groups is 1. The highest BCUT2D eigenvalue weighted by Crippen LogP contribution is 2.52. The third-order valence-electron chi connectivity index (χ3n) is 9.31. The number of fused-ring (bicyclic) bond motifs is 1. The van der Waals surface area contributed by atoms with Crippen LogP contribution in [0.5, 0.6) is 5.75 Å². The lowest BCUT2D eigenvalue weighted by Gasteiger charge is -2.44. The van der Waals surface area contributed by atoms with Crippen molar-refractivity contribution in [2.75, 3.05) is 63.6 Å². The Balaban J connectivity index is 1.23. The molecule has 2 saturated heterocycles. The normalized spacial score (nSPS) is 25.3. The standard InChI is InChI=1S/C32H40N8OS/c1-37-17-19-38(20-18-37)25-11-15-39(16-12-25)28-9-8-24(22-29(28)41-2)32(30-26(13-21-42-30)35-31(33)36-32)40-27(10-14-34-40)23-6-4-3-5-7-23/h3-9,13-14,21-22,25,27H,10-12,15-20H2,1-2H3,(H3,33,35,36). The Morgan fingerprint density at radius 2 is 1.79 bits per heavy atom. The summed E-state index contributed by atoms with van der Waals surface area (Å²) in [5, 5.41) is 12.5. The van der Waals surface area contributed by atoms with Crippen molar-refractivity contribution in [3.05, 3.63) is 76.0 Å². The predicted molar refractivity (Wildman–Crippen MR) is 172 cm³/mol. The molecule has 0 radical (unpaired) electrons. The fraction of sp³-hybridized carbons (Fsp3) is 0.438. The minimum atomic E-state index is -0.924. The molecule has 9 nitrogen and oxygen atoms in total. The Hall–Kier alpha value is -3.60. The molecular weight excluding hydrogens is 544 g/mol. The lowest BCUT2D eigenvalue weighted by Crippen LogP contribution is -2.52. The van der Waals surface area contributed by atoms with E-state index in [0.717, 1.165) is 60.2 Å². The molecule has 2 unspecified atom stereocenters. The second kappa shape index (κ2) is 11.2. The molecule has 0 bridgehead atoms. The van der Waals surface area contributed by atoms with Crippen molar-refractivity contribution in [1.82, 2.24) is 14.8 Å². The fourth-order valence-corrected chi connectivity index (χ4v) is 8.05. The highest BCUT2D eigenvalue weighted by atomic mass is 32.1. The number of ether oxygens (including phenoxy) is 1. The third kappa shape index (κ3) is 4.71. The van der Waals surface area contributed by atoms with Gasteiger partial charge in [0.05, 0.1) is 29.4 Å². The van der Waals surface area contributed by atoms with Gasteiger partial charge in [-0.25, -0.2) is 4.99 Å². The van der Waals surface area contributed by atoms with Crippen LogP contribution in [0, 0.1) is 0 Å².